The molecule has 0 saturated carbocycles. The van der Waals surface area contributed by atoms with Gasteiger partial charge in [0.1, 0.15) is 0 Å². The SMILES string of the molecule is COc1cc(CNCc2ccc(CC(C)C)cc2)ccn1. The maximum Gasteiger partial charge on any atom is 0.213 e. The molecule has 3 heteroatoms. The van der Waals surface area contributed by atoms with Gasteiger partial charge in [-0.15, -0.1) is 0 Å². The third-order valence-electron chi connectivity index (χ3n) is 3.33. The number of pyridine rings is 1. The average molecular weight is 284 g/mol. The molecule has 2 aromatic rings. The van der Waals surface area contributed by atoms with Gasteiger partial charge in [-0.2, -0.15) is 0 Å². The van der Waals surface area contributed by atoms with E-state index in [0.717, 1.165) is 19.5 Å². The molecule has 0 aliphatic carbocycles. The van der Waals surface area contributed by atoms with Crippen LogP contribution in [0.15, 0.2) is 42.6 Å². The Bertz CT molecular complexity index is 549. The van der Waals surface area contributed by atoms with E-state index in [4.69, 9.17) is 4.74 Å². The molecule has 0 spiro atoms. The zero-order chi connectivity index (χ0) is 15.1. The fourth-order valence-corrected chi connectivity index (χ4v) is 2.29. The summed E-state index contributed by atoms with van der Waals surface area (Å²) < 4.78 is 5.13. The standard InChI is InChI=1S/C18H24N2O/c1-14(2)10-15-4-6-16(7-5-15)12-19-13-17-8-9-20-18(11-17)21-3/h4-9,11,14,19H,10,12-13H2,1-3H3. The van der Waals surface area contributed by atoms with Gasteiger partial charge in [-0.3, -0.25) is 0 Å². The predicted octanol–water partition coefficient (Wildman–Crippen LogP) is 3.58. The molecule has 0 saturated heterocycles. The second-order valence-electron chi connectivity index (χ2n) is 5.72. The minimum absolute atomic E-state index is 0.660. The van der Waals surface area contributed by atoms with E-state index in [0.29, 0.717) is 11.8 Å². The van der Waals surface area contributed by atoms with Gasteiger partial charge >= 0.3 is 0 Å². The third kappa shape index (κ3) is 5.20. The highest BCUT2D eigenvalue weighted by atomic mass is 16.5. The molecule has 21 heavy (non-hydrogen) atoms. The average Bonchev–Trinajstić information content (AvgIpc) is 2.49. The Balaban J connectivity index is 1.82. The molecule has 0 aliphatic rings. The number of hydrogen-bond donors (Lipinski definition) is 1. The van der Waals surface area contributed by atoms with Crippen LogP contribution in [0, 0.1) is 5.92 Å². The summed E-state index contributed by atoms with van der Waals surface area (Å²) in [5, 5.41) is 3.45. The molecule has 1 aromatic heterocycles. The molecule has 0 bridgehead atoms. The van der Waals surface area contributed by atoms with E-state index in [2.05, 4.69) is 48.4 Å². The fourth-order valence-electron chi connectivity index (χ4n) is 2.29. The monoisotopic (exact) mass is 284 g/mol. The summed E-state index contributed by atoms with van der Waals surface area (Å²) in [4.78, 5) is 4.11. The second kappa shape index (κ2) is 7.79. The van der Waals surface area contributed by atoms with Gasteiger partial charge in [-0.05, 0) is 35.1 Å². The van der Waals surface area contributed by atoms with E-state index in [1.54, 1.807) is 13.3 Å². The van der Waals surface area contributed by atoms with Gasteiger partial charge in [-0.25, -0.2) is 4.98 Å². The quantitative estimate of drug-likeness (QED) is 0.844. The van der Waals surface area contributed by atoms with Crippen LogP contribution in [0.5, 0.6) is 5.88 Å². The van der Waals surface area contributed by atoms with Crippen molar-refractivity contribution >= 4 is 0 Å². The first kappa shape index (κ1) is 15.5. The predicted molar refractivity (Wildman–Crippen MR) is 86.3 cm³/mol. The Kier molecular flexibility index (Phi) is 5.76. The number of methoxy groups -OCH3 is 1. The molecule has 2 rings (SSSR count). The van der Waals surface area contributed by atoms with Crippen molar-refractivity contribution in [2.24, 2.45) is 5.92 Å². The third-order valence-corrected chi connectivity index (χ3v) is 3.33. The summed E-state index contributed by atoms with van der Waals surface area (Å²) in [5.41, 5.74) is 3.90. The normalized spacial score (nSPS) is 10.9. The van der Waals surface area contributed by atoms with Crippen molar-refractivity contribution in [3.8, 4) is 5.88 Å². The van der Waals surface area contributed by atoms with Crippen LogP contribution in [-0.4, -0.2) is 12.1 Å². The molecule has 0 amide bonds. The largest absolute Gasteiger partial charge is 0.481 e. The number of nitrogens with zero attached hydrogens (tertiary/aromatic N) is 1. The van der Waals surface area contributed by atoms with Gasteiger partial charge in [0, 0.05) is 25.4 Å². The van der Waals surface area contributed by atoms with Crippen molar-refractivity contribution in [1.82, 2.24) is 10.3 Å². The lowest BCUT2D eigenvalue weighted by Crippen LogP contribution is -2.12. The number of ether oxygens (including phenoxy) is 1. The highest BCUT2D eigenvalue weighted by molar-refractivity contribution is 5.23. The Labute approximate surface area is 127 Å². The van der Waals surface area contributed by atoms with Crippen molar-refractivity contribution in [2.75, 3.05) is 7.11 Å². The van der Waals surface area contributed by atoms with E-state index >= 15 is 0 Å². The maximum absolute atomic E-state index is 5.13. The van der Waals surface area contributed by atoms with Crippen LogP contribution in [0.1, 0.15) is 30.5 Å². The lowest BCUT2D eigenvalue weighted by atomic mass is 10.0. The molecule has 0 radical (unpaired) electrons. The van der Waals surface area contributed by atoms with E-state index < -0.39 is 0 Å². The molecule has 112 valence electrons. The summed E-state index contributed by atoms with van der Waals surface area (Å²) in [5.74, 6) is 1.36. The van der Waals surface area contributed by atoms with Crippen LogP contribution in [0.3, 0.4) is 0 Å². The lowest BCUT2D eigenvalue weighted by Gasteiger charge is -2.08. The molecule has 0 fully saturated rings. The van der Waals surface area contributed by atoms with Crippen LogP contribution in [-0.2, 0) is 19.5 Å². The van der Waals surface area contributed by atoms with Crippen LogP contribution >= 0.6 is 0 Å². The molecule has 3 nitrogen and oxygen atoms in total. The molecular weight excluding hydrogens is 260 g/mol. The van der Waals surface area contributed by atoms with E-state index in [1.165, 1.54) is 16.7 Å². The van der Waals surface area contributed by atoms with Crippen molar-refractivity contribution in [1.29, 1.82) is 0 Å². The van der Waals surface area contributed by atoms with Crippen LogP contribution in [0.4, 0.5) is 0 Å². The molecule has 1 heterocycles. The zero-order valence-electron chi connectivity index (χ0n) is 13.1. The first-order valence-corrected chi connectivity index (χ1v) is 7.45. The van der Waals surface area contributed by atoms with Crippen LogP contribution in [0.2, 0.25) is 0 Å². The Morgan fingerprint density at radius 1 is 1.00 bits per heavy atom. The van der Waals surface area contributed by atoms with Gasteiger partial charge in [0.05, 0.1) is 7.11 Å². The number of hydrogen-bond acceptors (Lipinski definition) is 3. The molecule has 0 unspecified atom stereocenters. The first-order valence-electron chi connectivity index (χ1n) is 7.45. The topological polar surface area (TPSA) is 34.1 Å². The minimum Gasteiger partial charge on any atom is -0.481 e. The molecule has 0 aliphatic heterocycles. The molecule has 1 aromatic carbocycles. The number of nitrogens with one attached hydrogen (secondary N) is 1. The van der Waals surface area contributed by atoms with Gasteiger partial charge < -0.3 is 10.1 Å². The summed E-state index contributed by atoms with van der Waals surface area (Å²) in [6.45, 7) is 6.18. The highest BCUT2D eigenvalue weighted by Gasteiger charge is 2.00. The fraction of sp³-hybridized carbons (Fsp3) is 0.389. The molecular formula is C18H24N2O. The van der Waals surface area contributed by atoms with Gasteiger partial charge in [-0.1, -0.05) is 38.1 Å². The van der Waals surface area contributed by atoms with Crippen molar-refractivity contribution in [3.05, 3.63) is 59.3 Å². The summed E-state index contributed by atoms with van der Waals surface area (Å²) >= 11 is 0. The Morgan fingerprint density at radius 2 is 1.67 bits per heavy atom. The van der Waals surface area contributed by atoms with Crippen LogP contribution < -0.4 is 10.1 Å². The smallest absolute Gasteiger partial charge is 0.213 e. The van der Waals surface area contributed by atoms with Crippen molar-refractivity contribution in [2.45, 2.75) is 33.4 Å². The highest BCUT2D eigenvalue weighted by Crippen LogP contribution is 2.11. The number of benzene rings is 1. The van der Waals surface area contributed by atoms with E-state index in [9.17, 15) is 0 Å². The summed E-state index contributed by atoms with van der Waals surface area (Å²) in [6.07, 6.45) is 2.92. The summed E-state index contributed by atoms with van der Waals surface area (Å²) in [7, 11) is 1.64. The van der Waals surface area contributed by atoms with Gasteiger partial charge in [0.25, 0.3) is 0 Å². The van der Waals surface area contributed by atoms with Crippen molar-refractivity contribution < 1.29 is 4.74 Å². The minimum atomic E-state index is 0.660. The number of aromatic nitrogens is 1. The zero-order valence-corrected chi connectivity index (χ0v) is 13.1. The van der Waals surface area contributed by atoms with Gasteiger partial charge in [0.15, 0.2) is 0 Å². The van der Waals surface area contributed by atoms with E-state index in [-0.39, 0.29) is 0 Å². The molecule has 0 atom stereocenters. The van der Waals surface area contributed by atoms with Gasteiger partial charge in [0.2, 0.25) is 5.88 Å². The van der Waals surface area contributed by atoms with Crippen molar-refractivity contribution in [3.63, 3.8) is 0 Å². The number of rotatable bonds is 7. The summed E-state index contributed by atoms with van der Waals surface area (Å²) in [6, 6.07) is 12.8. The van der Waals surface area contributed by atoms with E-state index in [1.807, 2.05) is 12.1 Å². The second-order valence-corrected chi connectivity index (χ2v) is 5.72. The first-order chi connectivity index (χ1) is 10.2. The Hall–Kier alpha value is -1.87. The lowest BCUT2D eigenvalue weighted by molar-refractivity contribution is 0.397. The van der Waals surface area contributed by atoms with Crippen LogP contribution in [0.25, 0.3) is 0 Å². The molecule has 1 N–H and O–H groups in total. The Morgan fingerprint density at radius 3 is 2.33 bits per heavy atom. The maximum atomic E-state index is 5.13.